The highest BCUT2D eigenvalue weighted by molar-refractivity contribution is 5.75. The molecule has 1 aromatic rings. The van der Waals surface area contributed by atoms with Gasteiger partial charge in [-0.25, -0.2) is 4.79 Å². The standard InChI is InChI=1S/C12H14F2O3/c1-8-3-4-10(17-2)9(7-8)5-6-12(13,14)11(15)16/h3-4,7H,5-6H2,1-2H3,(H,15,16). The summed E-state index contributed by atoms with van der Waals surface area (Å²) < 4.78 is 30.9. The Labute approximate surface area is 98.0 Å². The van der Waals surface area contributed by atoms with E-state index in [0.717, 1.165) is 5.56 Å². The summed E-state index contributed by atoms with van der Waals surface area (Å²) in [6, 6.07) is 5.21. The molecule has 0 unspecified atom stereocenters. The predicted octanol–water partition coefficient (Wildman–Crippen LogP) is 2.66. The summed E-state index contributed by atoms with van der Waals surface area (Å²) in [7, 11) is 1.45. The minimum atomic E-state index is -3.70. The van der Waals surface area contributed by atoms with Gasteiger partial charge in [-0.3, -0.25) is 0 Å². The van der Waals surface area contributed by atoms with Gasteiger partial charge in [0.2, 0.25) is 0 Å². The summed E-state index contributed by atoms with van der Waals surface area (Å²) >= 11 is 0. The number of halogens is 2. The highest BCUT2D eigenvalue weighted by atomic mass is 19.3. The summed E-state index contributed by atoms with van der Waals surface area (Å²) in [4.78, 5) is 10.3. The van der Waals surface area contributed by atoms with Gasteiger partial charge in [0.05, 0.1) is 7.11 Å². The van der Waals surface area contributed by atoms with Gasteiger partial charge < -0.3 is 9.84 Å². The number of carbonyl (C=O) groups is 1. The number of hydrogen-bond donors (Lipinski definition) is 1. The van der Waals surface area contributed by atoms with Crippen LogP contribution in [0.15, 0.2) is 18.2 Å². The minimum Gasteiger partial charge on any atom is -0.496 e. The lowest BCUT2D eigenvalue weighted by atomic mass is 10.0. The first-order valence-corrected chi connectivity index (χ1v) is 5.11. The van der Waals surface area contributed by atoms with E-state index in [1.807, 2.05) is 6.92 Å². The van der Waals surface area contributed by atoms with Crippen molar-refractivity contribution in [3.05, 3.63) is 29.3 Å². The molecular formula is C12H14F2O3. The van der Waals surface area contributed by atoms with Gasteiger partial charge >= 0.3 is 11.9 Å². The number of benzene rings is 1. The number of rotatable bonds is 5. The molecule has 5 heteroatoms. The summed E-state index contributed by atoms with van der Waals surface area (Å²) in [5.74, 6) is -5.30. The fourth-order valence-electron chi connectivity index (χ4n) is 1.50. The second-order valence-electron chi connectivity index (χ2n) is 3.82. The average Bonchev–Trinajstić information content (AvgIpc) is 2.26. The van der Waals surface area contributed by atoms with Crippen LogP contribution in [0.2, 0.25) is 0 Å². The van der Waals surface area contributed by atoms with Crippen molar-refractivity contribution in [3.8, 4) is 5.75 Å². The van der Waals surface area contributed by atoms with Crippen molar-refractivity contribution in [2.24, 2.45) is 0 Å². The molecule has 1 aromatic carbocycles. The molecule has 0 saturated heterocycles. The lowest BCUT2D eigenvalue weighted by Crippen LogP contribution is -2.28. The van der Waals surface area contributed by atoms with Gasteiger partial charge in [0.1, 0.15) is 5.75 Å². The zero-order chi connectivity index (χ0) is 13.1. The molecule has 17 heavy (non-hydrogen) atoms. The van der Waals surface area contributed by atoms with E-state index in [9.17, 15) is 13.6 Å². The zero-order valence-corrected chi connectivity index (χ0v) is 9.67. The molecule has 0 fully saturated rings. The van der Waals surface area contributed by atoms with Crippen molar-refractivity contribution in [1.29, 1.82) is 0 Å². The largest absolute Gasteiger partial charge is 0.496 e. The second kappa shape index (κ2) is 5.12. The van der Waals surface area contributed by atoms with Crippen molar-refractivity contribution in [1.82, 2.24) is 0 Å². The highest BCUT2D eigenvalue weighted by Crippen LogP contribution is 2.26. The van der Waals surface area contributed by atoms with E-state index in [1.54, 1.807) is 18.2 Å². The molecule has 1 N–H and O–H groups in total. The van der Waals surface area contributed by atoms with E-state index in [4.69, 9.17) is 9.84 Å². The third-order valence-electron chi connectivity index (χ3n) is 2.46. The van der Waals surface area contributed by atoms with Crippen LogP contribution in [0, 0.1) is 6.92 Å². The normalized spacial score (nSPS) is 11.3. The predicted molar refractivity (Wildman–Crippen MR) is 58.6 cm³/mol. The molecule has 0 saturated carbocycles. The van der Waals surface area contributed by atoms with Gasteiger partial charge in [-0.05, 0) is 25.0 Å². The van der Waals surface area contributed by atoms with E-state index < -0.39 is 18.3 Å². The lowest BCUT2D eigenvalue weighted by molar-refractivity contribution is -0.165. The summed E-state index contributed by atoms with van der Waals surface area (Å²) in [6.07, 6.45) is -0.772. The Balaban J connectivity index is 2.81. The summed E-state index contributed by atoms with van der Waals surface area (Å²) in [6.45, 7) is 1.83. The van der Waals surface area contributed by atoms with Crippen LogP contribution in [0.1, 0.15) is 17.5 Å². The molecule has 0 aliphatic rings. The average molecular weight is 244 g/mol. The van der Waals surface area contributed by atoms with Gasteiger partial charge in [0, 0.05) is 6.42 Å². The van der Waals surface area contributed by atoms with Crippen LogP contribution >= 0.6 is 0 Å². The number of methoxy groups -OCH3 is 1. The Bertz CT molecular complexity index is 416. The van der Waals surface area contributed by atoms with Crippen molar-refractivity contribution in [2.75, 3.05) is 7.11 Å². The molecule has 0 bridgehead atoms. The van der Waals surface area contributed by atoms with E-state index in [1.165, 1.54) is 7.11 Å². The number of hydrogen-bond acceptors (Lipinski definition) is 2. The van der Waals surface area contributed by atoms with E-state index >= 15 is 0 Å². The molecule has 3 nitrogen and oxygen atoms in total. The minimum absolute atomic E-state index is 0.0375. The second-order valence-corrected chi connectivity index (χ2v) is 3.82. The van der Waals surface area contributed by atoms with Crippen molar-refractivity contribution in [3.63, 3.8) is 0 Å². The topological polar surface area (TPSA) is 46.5 Å². The van der Waals surface area contributed by atoms with Crippen LogP contribution in [0.4, 0.5) is 8.78 Å². The van der Waals surface area contributed by atoms with Crippen LogP contribution in [0.25, 0.3) is 0 Å². The molecule has 0 heterocycles. The molecule has 0 spiro atoms. The van der Waals surface area contributed by atoms with Crippen molar-refractivity contribution in [2.45, 2.75) is 25.7 Å². The monoisotopic (exact) mass is 244 g/mol. The highest BCUT2D eigenvalue weighted by Gasteiger charge is 2.38. The summed E-state index contributed by atoms with van der Waals surface area (Å²) in [5, 5.41) is 8.32. The fourth-order valence-corrected chi connectivity index (χ4v) is 1.50. The molecule has 0 amide bonds. The van der Waals surface area contributed by atoms with E-state index in [-0.39, 0.29) is 6.42 Å². The van der Waals surface area contributed by atoms with Crippen LogP contribution in [-0.2, 0) is 11.2 Å². The van der Waals surface area contributed by atoms with E-state index in [2.05, 4.69) is 0 Å². The molecule has 94 valence electrons. The van der Waals surface area contributed by atoms with Crippen LogP contribution < -0.4 is 4.74 Å². The molecular weight excluding hydrogens is 230 g/mol. The first-order chi connectivity index (χ1) is 7.86. The van der Waals surface area contributed by atoms with Crippen LogP contribution in [0.5, 0.6) is 5.75 Å². The first kappa shape index (κ1) is 13.4. The SMILES string of the molecule is COc1ccc(C)cc1CCC(F)(F)C(=O)O. The smallest absolute Gasteiger partial charge is 0.374 e. The lowest BCUT2D eigenvalue weighted by Gasteiger charge is -2.13. The Kier molecular flexibility index (Phi) is 4.04. The third kappa shape index (κ3) is 3.41. The van der Waals surface area contributed by atoms with Crippen LogP contribution in [-0.4, -0.2) is 24.1 Å². The van der Waals surface area contributed by atoms with Gasteiger partial charge in [-0.2, -0.15) is 8.78 Å². The number of carboxylic acids is 1. The Morgan fingerprint density at radius 3 is 2.65 bits per heavy atom. The molecule has 0 aliphatic heterocycles. The maximum absolute atomic E-state index is 12.9. The Hall–Kier alpha value is -1.65. The maximum atomic E-state index is 12.9. The zero-order valence-electron chi connectivity index (χ0n) is 9.67. The first-order valence-electron chi connectivity index (χ1n) is 5.11. The number of aryl methyl sites for hydroxylation is 2. The molecule has 0 atom stereocenters. The number of ether oxygens (including phenoxy) is 1. The number of aliphatic carboxylic acids is 1. The Morgan fingerprint density at radius 1 is 1.47 bits per heavy atom. The molecule has 1 rings (SSSR count). The molecule has 0 radical (unpaired) electrons. The third-order valence-corrected chi connectivity index (χ3v) is 2.46. The fraction of sp³-hybridized carbons (Fsp3) is 0.417. The number of carboxylic acid groups (broad SMARTS) is 1. The quantitative estimate of drug-likeness (QED) is 0.866. The summed E-state index contributed by atoms with van der Waals surface area (Å²) in [5.41, 5.74) is 1.51. The van der Waals surface area contributed by atoms with Gasteiger partial charge in [-0.1, -0.05) is 17.7 Å². The molecule has 0 aliphatic carbocycles. The van der Waals surface area contributed by atoms with Crippen LogP contribution in [0.3, 0.4) is 0 Å². The van der Waals surface area contributed by atoms with Gasteiger partial charge in [-0.15, -0.1) is 0 Å². The van der Waals surface area contributed by atoms with Crippen molar-refractivity contribution >= 4 is 5.97 Å². The molecule has 0 aromatic heterocycles. The number of alkyl halides is 2. The Morgan fingerprint density at radius 2 is 2.12 bits per heavy atom. The van der Waals surface area contributed by atoms with Crippen molar-refractivity contribution < 1.29 is 23.4 Å². The van der Waals surface area contributed by atoms with Gasteiger partial charge in [0.15, 0.2) is 0 Å². The van der Waals surface area contributed by atoms with E-state index in [0.29, 0.717) is 11.3 Å². The maximum Gasteiger partial charge on any atom is 0.374 e. The van der Waals surface area contributed by atoms with Gasteiger partial charge in [0.25, 0.3) is 0 Å².